The summed E-state index contributed by atoms with van der Waals surface area (Å²) in [5, 5.41) is 0. The maximum Gasteiger partial charge on any atom is 0.279 e. The van der Waals surface area contributed by atoms with Gasteiger partial charge in [0.2, 0.25) is 0 Å². The van der Waals surface area contributed by atoms with Crippen LogP contribution in [-0.2, 0) is 5.92 Å². The first-order valence-corrected chi connectivity index (χ1v) is 50.9. The van der Waals surface area contributed by atoms with Crippen LogP contribution < -0.4 is 0 Å². The highest BCUT2D eigenvalue weighted by Crippen LogP contribution is 2.46. The maximum atomic E-state index is 13.7. The minimum atomic E-state index is -2.94. The lowest BCUT2D eigenvalue weighted by Crippen LogP contribution is -2.22. The van der Waals surface area contributed by atoms with Gasteiger partial charge in [-0.3, -0.25) is 58.3 Å². The number of carbonyl (C=O) groups is 8. The van der Waals surface area contributed by atoms with E-state index in [0.717, 1.165) is 239 Å². The lowest BCUT2D eigenvalue weighted by atomic mass is 9.81. The van der Waals surface area contributed by atoms with Crippen molar-refractivity contribution < 1.29 is 47.1 Å². The third-order valence-electron chi connectivity index (χ3n) is 28.4. The standard InChI is InChI=1S/2C30H31N3O2.C29H29F2N3O2S.C29H29N3O2/c1-3-28(34)23-13-14-27-26(19-23)32-30(25-12-4-5-15-31-25)33(27)24-11-7-9-21(17-24)18-29(35)22-10-6-8-20(2)16-22;1-3-28(34)23-14-15-27-26(19-23)32-30(25-9-4-5-16-31-25)33(27)24-8-6-7-21(17-24)18-29(35)22-12-10-20(2)11-13-22;1-3-24(35)19-10-11-23-22(17-19)33-28(21-9-4-5-14-32-21)34(23)20-8-6-7-18(15-20)16-25(36)26-12-13-27(37-26)29(2,30)31;1-2-27(33)22-14-15-26-25(19-22)31-29(24-13-6-7-16-30-24)32(26)23-12-8-9-20(17-23)18-28(34)21-10-4-3-5-11-21/h4-6,8,10,12-16,19,21,24H,3,7,9,11,17-18H2,1-2H3;4-5,9-16,19,21,24H,3,6-8,17-18H2,1-2H3;4-5,9-14,17-18,20H,3,6-8,15-16H2,1-2H3;3-7,10-11,13-16,19-20,23H,2,8-9,12,17-18H2,1H3/t2*21-,24+;18-,20+;20-,23+/m0000/s1. The summed E-state index contributed by atoms with van der Waals surface area (Å²) in [7, 11) is 0. The van der Waals surface area contributed by atoms with Crippen molar-refractivity contribution in [1.29, 1.82) is 0 Å². The van der Waals surface area contributed by atoms with E-state index in [1.54, 1.807) is 24.8 Å². The van der Waals surface area contributed by atoms with E-state index in [-0.39, 0.29) is 81.2 Å². The molecule has 0 saturated heterocycles. The third kappa shape index (κ3) is 23.2. The predicted octanol–water partition coefficient (Wildman–Crippen LogP) is 28.6. The number of alkyl halides is 2. The zero-order chi connectivity index (χ0) is 98.4. The van der Waals surface area contributed by atoms with Gasteiger partial charge in [0, 0.05) is 146 Å². The van der Waals surface area contributed by atoms with Gasteiger partial charge in [0.25, 0.3) is 5.92 Å². The summed E-state index contributed by atoms with van der Waals surface area (Å²) < 4.78 is 36.5. The van der Waals surface area contributed by atoms with Crippen molar-refractivity contribution in [3.05, 3.63) is 321 Å². The normalized spacial score (nSPS) is 18.1. The largest absolute Gasteiger partial charge is 0.320 e. The Labute approximate surface area is 825 Å². The average molecular weight is 1900 g/mol. The van der Waals surface area contributed by atoms with Gasteiger partial charge in [-0.25, -0.2) is 28.7 Å². The number of benzene rings is 7. The van der Waals surface area contributed by atoms with Crippen LogP contribution >= 0.6 is 11.3 Å². The molecule has 0 unspecified atom stereocenters. The highest BCUT2D eigenvalue weighted by molar-refractivity contribution is 7.14. The number of hydrogen-bond donors (Lipinski definition) is 0. The highest BCUT2D eigenvalue weighted by Gasteiger charge is 2.37. The molecule has 4 aliphatic rings. The van der Waals surface area contributed by atoms with Crippen LogP contribution in [0.1, 0.15) is 311 Å². The van der Waals surface area contributed by atoms with Crippen molar-refractivity contribution in [2.24, 2.45) is 23.7 Å². The molecule has 141 heavy (non-hydrogen) atoms. The van der Waals surface area contributed by atoms with Crippen LogP contribution in [0.5, 0.6) is 0 Å². The van der Waals surface area contributed by atoms with Crippen LogP contribution in [0.25, 0.3) is 90.2 Å². The van der Waals surface area contributed by atoms with E-state index in [1.165, 1.54) is 12.1 Å². The van der Waals surface area contributed by atoms with E-state index in [0.29, 0.717) is 96.3 Å². The first-order chi connectivity index (χ1) is 68.4. The first-order valence-electron chi connectivity index (χ1n) is 50.1. The second-order valence-electron chi connectivity index (χ2n) is 38.4. The zero-order valence-corrected chi connectivity index (χ0v) is 82.0. The zero-order valence-electron chi connectivity index (χ0n) is 81.2. The highest BCUT2D eigenvalue weighted by atomic mass is 32.1. The molecule has 4 fully saturated rings. The number of rotatable bonds is 29. The first kappa shape index (κ1) is 98.5. The van der Waals surface area contributed by atoms with Gasteiger partial charge < -0.3 is 18.3 Å². The Kier molecular flexibility index (Phi) is 31.5. The Morgan fingerprint density at radius 1 is 0.305 bits per heavy atom. The van der Waals surface area contributed by atoms with Crippen molar-refractivity contribution >= 4 is 102 Å². The molecule has 23 heteroatoms. The summed E-state index contributed by atoms with van der Waals surface area (Å²) in [4.78, 5) is 140. The van der Waals surface area contributed by atoms with Gasteiger partial charge in [-0.1, -0.05) is 162 Å². The van der Waals surface area contributed by atoms with E-state index >= 15 is 0 Å². The predicted molar refractivity (Wildman–Crippen MR) is 553 cm³/mol. The van der Waals surface area contributed by atoms with Gasteiger partial charge in [-0.15, -0.1) is 11.3 Å². The second-order valence-corrected chi connectivity index (χ2v) is 39.5. The lowest BCUT2D eigenvalue weighted by molar-refractivity contribution is 0.0214. The summed E-state index contributed by atoms with van der Waals surface area (Å²) in [6.45, 7) is 12.4. The van der Waals surface area contributed by atoms with Gasteiger partial charge in [-0.05, 0) is 254 Å². The van der Waals surface area contributed by atoms with E-state index in [4.69, 9.17) is 19.9 Å². The fourth-order valence-electron chi connectivity index (χ4n) is 21.2. The smallest absolute Gasteiger partial charge is 0.279 e. The molecule has 0 bridgehead atoms. The van der Waals surface area contributed by atoms with Crippen LogP contribution in [0.3, 0.4) is 0 Å². The van der Waals surface area contributed by atoms with Crippen molar-refractivity contribution in [1.82, 2.24) is 58.1 Å². The molecule has 0 radical (unpaired) electrons. The molecule has 4 saturated carbocycles. The van der Waals surface area contributed by atoms with Gasteiger partial charge in [0.05, 0.1) is 53.9 Å². The summed E-state index contributed by atoms with van der Waals surface area (Å²) in [6, 6.07) is 75.6. The van der Waals surface area contributed by atoms with Crippen LogP contribution in [0.2, 0.25) is 0 Å². The molecule has 720 valence electrons. The van der Waals surface area contributed by atoms with Gasteiger partial charge in [-0.2, -0.15) is 0 Å². The van der Waals surface area contributed by atoms with Gasteiger partial charge in [0.1, 0.15) is 22.8 Å². The SMILES string of the molecule is CCC(=O)c1ccc2c(c1)nc(-c1ccccn1)n2[C@@H]1CCC[C@H](CC(=O)c2ccc(C(C)(F)F)s2)C1.CCC(=O)c1ccc2c(c1)nc(-c1ccccn1)n2[C@@H]1CCC[C@H](CC(=O)c2ccc(C)cc2)C1.CCC(=O)c1ccc2c(c1)nc(-c1ccccn1)n2[C@@H]1CCC[C@H](CC(=O)c2cccc(C)c2)C1.CCC(=O)c1ccc2c(c1)nc(-c1ccccn1)n2[C@@H]1CCC[C@H](CC(=O)c2ccccc2)C1. The van der Waals surface area contributed by atoms with Crippen LogP contribution in [0.4, 0.5) is 8.78 Å². The Morgan fingerprint density at radius 2 is 0.596 bits per heavy atom. The molecular formula is C118H120F2N12O8S. The number of Topliss-reactive ketones (excluding diaryl/α,β-unsaturated/α-hetero) is 8. The number of fused-ring (bicyclic) bond motifs is 4. The Morgan fingerprint density at radius 3 is 0.894 bits per heavy atom. The number of hydrogen-bond acceptors (Lipinski definition) is 17. The van der Waals surface area contributed by atoms with E-state index in [1.807, 2.05) is 266 Å². The number of imidazole rings is 4. The van der Waals surface area contributed by atoms with Crippen molar-refractivity contribution in [3.8, 4) is 46.1 Å². The second kappa shape index (κ2) is 45.0. The molecule has 9 heterocycles. The Bertz CT molecular complexity index is 7190. The molecule has 20 rings (SSSR count). The topological polar surface area (TPSA) is 259 Å². The van der Waals surface area contributed by atoms with Crippen LogP contribution in [0, 0.1) is 37.5 Å². The summed E-state index contributed by atoms with van der Waals surface area (Å²) in [6.07, 6.45) is 26.9. The quantitative estimate of drug-likeness (QED) is 0.0395. The fourth-order valence-corrected chi connectivity index (χ4v) is 22.1. The number of pyridine rings is 4. The van der Waals surface area contributed by atoms with E-state index < -0.39 is 5.92 Å². The monoisotopic (exact) mass is 1900 g/mol. The number of nitrogens with zero attached hydrogens (tertiary/aromatic N) is 12. The third-order valence-corrected chi connectivity index (χ3v) is 29.7. The molecule has 0 N–H and O–H groups in total. The summed E-state index contributed by atoms with van der Waals surface area (Å²) >= 11 is 0.892. The minimum Gasteiger partial charge on any atom is -0.320 e. The van der Waals surface area contributed by atoms with Gasteiger partial charge >= 0.3 is 0 Å². The molecule has 7 aromatic carbocycles. The number of ketones is 8. The maximum absolute atomic E-state index is 13.7. The number of thiophene rings is 1. The molecular weight excluding hydrogens is 1780 g/mol. The molecule has 9 aromatic heterocycles. The lowest BCUT2D eigenvalue weighted by Gasteiger charge is -2.31. The number of halogens is 2. The Balaban J connectivity index is 0.000000130. The average Bonchev–Trinajstić information content (AvgIpc) is 1.63. The molecule has 0 aliphatic heterocycles. The van der Waals surface area contributed by atoms with E-state index in [2.05, 4.69) is 38.2 Å². The summed E-state index contributed by atoms with van der Waals surface area (Å²) in [5.74, 6) is 2.46. The van der Waals surface area contributed by atoms with E-state index in [9.17, 15) is 47.1 Å². The molecule has 0 spiro atoms. The number of aryl methyl sites for hydroxylation is 2. The minimum absolute atomic E-state index is 0.0737. The van der Waals surface area contributed by atoms with Crippen LogP contribution in [0.15, 0.2) is 261 Å². The van der Waals surface area contributed by atoms with Gasteiger partial charge in [0.15, 0.2) is 69.6 Å². The Hall–Kier alpha value is -14.1. The van der Waals surface area contributed by atoms with Crippen molar-refractivity contribution in [2.75, 3.05) is 0 Å². The van der Waals surface area contributed by atoms with Crippen molar-refractivity contribution in [2.45, 2.75) is 233 Å². The number of aromatic nitrogens is 12. The fraction of sp³-hybridized carbons (Fsp3) is 0.339. The van der Waals surface area contributed by atoms with Crippen LogP contribution in [-0.4, -0.2) is 104 Å². The molecule has 16 aromatic rings. The van der Waals surface area contributed by atoms with Crippen molar-refractivity contribution in [3.63, 3.8) is 0 Å². The number of carbonyl (C=O) groups excluding carboxylic acids is 8. The molecule has 8 atom stereocenters. The summed E-state index contributed by atoms with van der Waals surface area (Å²) in [5.41, 5.74) is 17.9. The molecule has 4 aliphatic carbocycles. The molecule has 20 nitrogen and oxygen atoms in total. The molecule has 0 amide bonds.